The first-order valence-electron chi connectivity index (χ1n) is 7.27. The van der Waals surface area contributed by atoms with Gasteiger partial charge in [0, 0.05) is 5.92 Å². The Hall–Kier alpha value is -1.32. The van der Waals surface area contributed by atoms with E-state index >= 15 is 0 Å². The van der Waals surface area contributed by atoms with E-state index in [1.54, 1.807) is 6.08 Å². The predicted octanol–water partition coefficient (Wildman–Crippen LogP) is 2.35. The van der Waals surface area contributed by atoms with Gasteiger partial charge in [0.2, 0.25) is 5.91 Å². The monoisotopic (exact) mass is 265 g/mol. The van der Waals surface area contributed by atoms with Crippen molar-refractivity contribution in [2.24, 2.45) is 17.8 Å². The van der Waals surface area contributed by atoms with Crippen molar-refractivity contribution < 1.29 is 14.7 Å². The van der Waals surface area contributed by atoms with Crippen molar-refractivity contribution >= 4 is 11.9 Å². The first-order valence-corrected chi connectivity index (χ1v) is 7.27. The van der Waals surface area contributed by atoms with Crippen LogP contribution in [0.2, 0.25) is 0 Å². The van der Waals surface area contributed by atoms with E-state index in [2.05, 4.69) is 11.9 Å². The molecule has 2 saturated carbocycles. The van der Waals surface area contributed by atoms with E-state index in [4.69, 9.17) is 5.11 Å². The molecule has 0 heterocycles. The minimum atomic E-state index is -0.978. The minimum Gasteiger partial charge on any atom is -0.480 e. The zero-order chi connectivity index (χ0) is 13.8. The molecule has 2 N–H and O–H groups in total. The largest absolute Gasteiger partial charge is 0.480 e. The van der Waals surface area contributed by atoms with Gasteiger partial charge in [0.1, 0.15) is 6.04 Å². The summed E-state index contributed by atoms with van der Waals surface area (Å²) in [6.45, 7) is 3.55. The van der Waals surface area contributed by atoms with Crippen LogP contribution in [0.5, 0.6) is 0 Å². The fourth-order valence-electron chi connectivity index (χ4n) is 3.07. The van der Waals surface area contributed by atoms with Gasteiger partial charge in [-0.05, 0) is 43.9 Å². The fourth-order valence-corrected chi connectivity index (χ4v) is 3.07. The zero-order valence-corrected chi connectivity index (χ0v) is 11.3. The number of hydrogen-bond donors (Lipinski definition) is 2. The van der Waals surface area contributed by atoms with E-state index in [0.29, 0.717) is 11.8 Å². The summed E-state index contributed by atoms with van der Waals surface area (Å²) in [6.07, 6.45) is 8.71. The van der Waals surface area contributed by atoms with Crippen molar-refractivity contribution in [3.8, 4) is 0 Å². The minimum absolute atomic E-state index is 0.0363. The van der Waals surface area contributed by atoms with Crippen molar-refractivity contribution in [1.29, 1.82) is 0 Å². The summed E-state index contributed by atoms with van der Waals surface area (Å²) in [4.78, 5) is 23.5. The van der Waals surface area contributed by atoms with Crippen LogP contribution in [0, 0.1) is 17.8 Å². The Morgan fingerprint density at radius 2 is 1.74 bits per heavy atom. The molecule has 0 aromatic heterocycles. The maximum absolute atomic E-state index is 12.4. The molecule has 1 amide bonds. The van der Waals surface area contributed by atoms with Crippen LogP contribution in [0.4, 0.5) is 0 Å². The SMILES string of the molecule is C=CCC(NC(=O)C(C1CCC1)C1CCC1)C(=O)O. The van der Waals surface area contributed by atoms with Crippen molar-refractivity contribution in [2.75, 3.05) is 0 Å². The molecule has 2 fully saturated rings. The number of nitrogens with one attached hydrogen (secondary N) is 1. The second-order valence-corrected chi connectivity index (χ2v) is 5.83. The summed E-state index contributed by atoms with van der Waals surface area (Å²) in [7, 11) is 0. The van der Waals surface area contributed by atoms with Gasteiger partial charge in [0.25, 0.3) is 0 Å². The summed E-state index contributed by atoms with van der Waals surface area (Å²) in [5.41, 5.74) is 0. The molecular weight excluding hydrogens is 242 g/mol. The van der Waals surface area contributed by atoms with Crippen LogP contribution in [-0.2, 0) is 9.59 Å². The Kier molecular flexibility index (Phi) is 4.61. The highest BCUT2D eigenvalue weighted by atomic mass is 16.4. The number of aliphatic carboxylic acids is 1. The van der Waals surface area contributed by atoms with Gasteiger partial charge in [-0.15, -0.1) is 6.58 Å². The molecule has 0 aliphatic heterocycles. The molecule has 2 aliphatic rings. The fraction of sp³-hybridized carbons (Fsp3) is 0.733. The lowest BCUT2D eigenvalue weighted by molar-refractivity contribution is -0.144. The van der Waals surface area contributed by atoms with Gasteiger partial charge < -0.3 is 10.4 Å². The molecule has 0 saturated heterocycles. The topological polar surface area (TPSA) is 66.4 Å². The Balaban J connectivity index is 1.97. The highest BCUT2D eigenvalue weighted by Crippen LogP contribution is 2.44. The first kappa shape index (κ1) is 14.1. The smallest absolute Gasteiger partial charge is 0.326 e. The van der Waals surface area contributed by atoms with Crippen LogP contribution in [0.1, 0.15) is 44.9 Å². The molecule has 0 aromatic carbocycles. The summed E-state index contributed by atoms with van der Waals surface area (Å²) < 4.78 is 0. The Labute approximate surface area is 114 Å². The van der Waals surface area contributed by atoms with Crippen LogP contribution in [0.3, 0.4) is 0 Å². The van der Waals surface area contributed by atoms with Gasteiger partial charge in [-0.1, -0.05) is 18.9 Å². The third-order valence-electron chi connectivity index (χ3n) is 4.64. The molecule has 1 unspecified atom stereocenters. The van der Waals surface area contributed by atoms with Crippen LogP contribution >= 0.6 is 0 Å². The lowest BCUT2D eigenvalue weighted by atomic mass is 9.64. The lowest BCUT2D eigenvalue weighted by Crippen LogP contribution is -2.49. The number of carboxylic acids is 1. The van der Waals surface area contributed by atoms with Crippen molar-refractivity contribution in [3.63, 3.8) is 0 Å². The first-order chi connectivity index (χ1) is 9.13. The lowest BCUT2D eigenvalue weighted by Gasteiger charge is -2.41. The molecule has 0 spiro atoms. The normalized spacial score (nSPS) is 21.3. The van der Waals surface area contributed by atoms with Gasteiger partial charge in [0.05, 0.1) is 0 Å². The zero-order valence-electron chi connectivity index (χ0n) is 11.3. The third-order valence-corrected chi connectivity index (χ3v) is 4.64. The van der Waals surface area contributed by atoms with Crippen LogP contribution in [0.25, 0.3) is 0 Å². The van der Waals surface area contributed by atoms with Gasteiger partial charge in [0.15, 0.2) is 0 Å². The maximum Gasteiger partial charge on any atom is 0.326 e. The second kappa shape index (κ2) is 6.22. The van der Waals surface area contributed by atoms with Gasteiger partial charge in [-0.3, -0.25) is 4.79 Å². The number of carboxylic acid groups (broad SMARTS) is 1. The third kappa shape index (κ3) is 3.17. The average molecular weight is 265 g/mol. The van der Waals surface area contributed by atoms with E-state index in [1.807, 2.05) is 0 Å². The summed E-state index contributed by atoms with van der Waals surface area (Å²) in [5.74, 6) is -0.0426. The predicted molar refractivity (Wildman–Crippen MR) is 72.6 cm³/mol. The molecule has 0 bridgehead atoms. The van der Waals surface area contributed by atoms with Crippen molar-refractivity contribution in [1.82, 2.24) is 5.32 Å². The molecule has 4 nitrogen and oxygen atoms in total. The van der Waals surface area contributed by atoms with E-state index < -0.39 is 12.0 Å². The number of carbonyl (C=O) groups excluding carboxylic acids is 1. The molecule has 1 atom stereocenters. The summed E-state index contributed by atoms with van der Waals surface area (Å²) in [6, 6.07) is -0.826. The number of amides is 1. The molecule has 0 radical (unpaired) electrons. The number of carbonyl (C=O) groups is 2. The number of hydrogen-bond acceptors (Lipinski definition) is 2. The van der Waals surface area contributed by atoms with E-state index in [-0.39, 0.29) is 18.2 Å². The van der Waals surface area contributed by atoms with E-state index in [1.165, 1.54) is 12.8 Å². The van der Waals surface area contributed by atoms with Gasteiger partial charge >= 0.3 is 5.97 Å². The van der Waals surface area contributed by atoms with Crippen LogP contribution < -0.4 is 5.32 Å². The van der Waals surface area contributed by atoms with E-state index in [9.17, 15) is 9.59 Å². The highest BCUT2D eigenvalue weighted by Gasteiger charge is 2.41. The second-order valence-electron chi connectivity index (χ2n) is 5.83. The molecule has 2 rings (SSSR count). The standard InChI is InChI=1S/C15H23NO3/c1-2-5-12(15(18)19)16-14(17)13(10-6-3-7-10)11-8-4-9-11/h2,10-13H,1,3-9H2,(H,16,17)(H,18,19). The van der Waals surface area contributed by atoms with Crippen LogP contribution in [0.15, 0.2) is 12.7 Å². The molecule has 19 heavy (non-hydrogen) atoms. The number of rotatable bonds is 7. The van der Waals surface area contributed by atoms with Crippen molar-refractivity contribution in [3.05, 3.63) is 12.7 Å². The van der Waals surface area contributed by atoms with E-state index in [0.717, 1.165) is 25.7 Å². The molecule has 4 heteroatoms. The van der Waals surface area contributed by atoms with Gasteiger partial charge in [-0.2, -0.15) is 0 Å². The average Bonchev–Trinajstić information content (AvgIpc) is 2.22. The van der Waals surface area contributed by atoms with Crippen molar-refractivity contribution in [2.45, 2.75) is 51.0 Å². The Morgan fingerprint density at radius 1 is 1.21 bits per heavy atom. The highest BCUT2D eigenvalue weighted by molar-refractivity contribution is 5.85. The molecule has 0 aromatic rings. The Morgan fingerprint density at radius 3 is 2.05 bits per heavy atom. The molecular formula is C15H23NO3. The molecule has 2 aliphatic carbocycles. The van der Waals surface area contributed by atoms with Gasteiger partial charge in [-0.25, -0.2) is 4.79 Å². The molecule has 106 valence electrons. The Bertz CT molecular complexity index is 344. The van der Waals surface area contributed by atoms with Crippen LogP contribution in [-0.4, -0.2) is 23.0 Å². The summed E-state index contributed by atoms with van der Waals surface area (Å²) >= 11 is 0. The maximum atomic E-state index is 12.4. The quantitative estimate of drug-likeness (QED) is 0.694. The summed E-state index contributed by atoms with van der Waals surface area (Å²) in [5, 5.41) is 11.8.